The summed E-state index contributed by atoms with van der Waals surface area (Å²) in [6, 6.07) is 8.40. The van der Waals surface area contributed by atoms with E-state index in [4.69, 9.17) is 5.26 Å². The van der Waals surface area contributed by atoms with Crippen LogP contribution >= 0.6 is 0 Å². The summed E-state index contributed by atoms with van der Waals surface area (Å²) in [5, 5.41) is 8.89. The first-order valence-corrected chi connectivity index (χ1v) is 9.70. The lowest BCUT2D eigenvalue weighted by atomic mass is 9.80. The molecule has 0 radical (unpaired) electrons. The van der Waals surface area contributed by atoms with E-state index in [1.165, 1.54) is 6.07 Å². The zero-order chi connectivity index (χ0) is 19.4. The first kappa shape index (κ1) is 19.5. The topological polar surface area (TPSA) is 23.8 Å². The summed E-state index contributed by atoms with van der Waals surface area (Å²) in [5.41, 5.74) is 2.37. The molecule has 0 amide bonds. The van der Waals surface area contributed by atoms with E-state index in [9.17, 15) is 13.2 Å². The molecular weight excluding hydrogens is 347 g/mol. The molecule has 0 spiro atoms. The molecule has 1 aliphatic rings. The highest BCUT2D eigenvalue weighted by Gasteiger charge is 2.25. The molecule has 0 saturated carbocycles. The highest BCUT2D eigenvalue weighted by Crippen LogP contribution is 2.32. The van der Waals surface area contributed by atoms with Crippen LogP contribution < -0.4 is 0 Å². The first-order chi connectivity index (χ1) is 13.0. The minimum atomic E-state index is -0.789. The van der Waals surface area contributed by atoms with Crippen LogP contribution in [-0.4, -0.2) is 0 Å². The second-order valence-electron chi connectivity index (χ2n) is 7.47. The fourth-order valence-corrected chi connectivity index (χ4v) is 3.96. The fraction of sp³-hybridized carbons (Fsp3) is 0.435. The number of unbranched alkanes of at least 4 members (excludes halogenated alkanes) is 1. The van der Waals surface area contributed by atoms with E-state index in [2.05, 4.69) is 6.92 Å². The highest BCUT2D eigenvalue weighted by atomic mass is 19.1. The van der Waals surface area contributed by atoms with Gasteiger partial charge in [-0.15, -0.1) is 0 Å². The van der Waals surface area contributed by atoms with Crippen LogP contribution in [0.3, 0.4) is 0 Å². The van der Waals surface area contributed by atoms with E-state index in [0.29, 0.717) is 36.0 Å². The molecule has 1 atom stereocenters. The second kappa shape index (κ2) is 8.61. The Bertz CT molecular complexity index is 867. The molecule has 0 aliphatic heterocycles. The smallest absolute Gasteiger partial charge is 0.147 e. The second-order valence-corrected chi connectivity index (χ2v) is 7.47. The number of hydrogen-bond donors (Lipinski definition) is 0. The van der Waals surface area contributed by atoms with Crippen LogP contribution in [0.1, 0.15) is 60.4 Å². The van der Waals surface area contributed by atoms with E-state index in [1.807, 2.05) is 12.1 Å². The molecule has 142 valence electrons. The Balaban J connectivity index is 1.65. The minimum absolute atomic E-state index is 0.157. The van der Waals surface area contributed by atoms with Gasteiger partial charge in [0.2, 0.25) is 0 Å². The van der Waals surface area contributed by atoms with Crippen molar-refractivity contribution in [3.8, 4) is 6.07 Å². The van der Waals surface area contributed by atoms with E-state index in [1.54, 1.807) is 12.1 Å². The van der Waals surface area contributed by atoms with Gasteiger partial charge in [-0.3, -0.25) is 0 Å². The maximum Gasteiger partial charge on any atom is 0.147 e. The maximum absolute atomic E-state index is 14.3. The molecule has 0 saturated heterocycles. The standard InChI is InChI=1S/C23H24F3N/c1-2-3-4-15-5-8-17(21(24)12-15)9-6-16-7-10-19-18(11-16)13-22(25)20(14-27)23(19)26/h5,8,12-13,16H,2-4,6-7,9-11H2,1H3. The predicted octanol–water partition coefficient (Wildman–Crippen LogP) is 6.06. The maximum atomic E-state index is 14.3. The number of hydrogen-bond acceptors (Lipinski definition) is 1. The van der Waals surface area contributed by atoms with E-state index >= 15 is 0 Å². The molecule has 0 N–H and O–H groups in total. The van der Waals surface area contributed by atoms with Crippen molar-refractivity contribution in [3.63, 3.8) is 0 Å². The van der Waals surface area contributed by atoms with Crippen LogP contribution in [0.2, 0.25) is 0 Å². The number of rotatable bonds is 6. The van der Waals surface area contributed by atoms with E-state index in [-0.39, 0.29) is 11.7 Å². The predicted molar refractivity (Wildman–Crippen MR) is 99.9 cm³/mol. The van der Waals surface area contributed by atoms with Crippen LogP contribution in [0.5, 0.6) is 0 Å². The lowest BCUT2D eigenvalue weighted by molar-refractivity contribution is 0.412. The monoisotopic (exact) mass is 371 g/mol. The fourth-order valence-electron chi connectivity index (χ4n) is 3.96. The van der Waals surface area contributed by atoms with Crippen molar-refractivity contribution >= 4 is 0 Å². The van der Waals surface area contributed by atoms with Crippen molar-refractivity contribution in [2.75, 3.05) is 0 Å². The van der Waals surface area contributed by atoms with Crippen LogP contribution in [0, 0.1) is 34.7 Å². The minimum Gasteiger partial charge on any atom is -0.207 e. The molecular formula is C23H24F3N. The molecule has 1 nitrogen and oxygen atoms in total. The molecule has 0 aromatic heterocycles. The van der Waals surface area contributed by atoms with Gasteiger partial charge in [0.1, 0.15) is 29.1 Å². The Morgan fingerprint density at radius 2 is 1.93 bits per heavy atom. The van der Waals surface area contributed by atoms with Gasteiger partial charge in [0.05, 0.1) is 0 Å². The summed E-state index contributed by atoms with van der Waals surface area (Å²) in [4.78, 5) is 0. The first-order valence-electron chi connectivity index (χ1n) is 9.70. The number of halogens is 3. The van der Waals surface area contributed by atoms with Crippen LogP contribution in [0.4, 0.5) is 13.2 Å². The molecule has 1 unspecified atom stereocenters. The van der Waals surface area contributed by atoms with Gasteiger partial charge in [-0.2, -0.15) is 5.26 Å². The Morgan fingerprint density at radius 1 is 1.11 bits per heavy atom. The third kappa shape index (κ3) is 4.35. The number of nitrogens with zero attached hydrogens (tertiary/aromatic N) is 1. The number of benzene rings is 2. The molecule has 2 aromatic rings. The van der Waals surface area contributed by atoms with Crippen molar-refractivity contribution < 1.29 is 13.2 Å². The molecule has 0 fully saturated rings. The Morgan fingerprint density at radius 3 is 2.63 bits per heavy atom. The largest absolute Gasteiger partial charge is 0.207 e. The average molecular weight is 371 g/mol. The van der Waals surface area contributed by atoms with Gasteiger partial charge in [-0.1, -0.05) is 25.5 Å². The summed E-state index contributed by atoms with van der Waals surface area (Å²) in [6.45, 7) is 2.12. The number of fused-ring (bicyclic) bond motifs is 1. The van der Waals surface area contributed by atoms with Crippen molar-refractivity contribution in [2.45, 2.75) is 58.3 Å². The van der Waals surface area contributed by atoms with Gasteiger partial charge in [-0.25, -0.2) is 13.2 Å². The summed E-state index contributed by atoms with van der Waals surface area (Å²) in [6.07, 6.45) is 6.30. The molecule has 4 heteroatoms. The lowest BCUT2D eigenvalue weighted by Crippen LogP contribution is -2.18. The average Bonchev–Trinajstić information content (AvgIpc) is 2.65. The molecule has 3 rings (SSSR count). The molecule has 27 heavy (non-hydrogen) atoms. The van der Waals surface area contributed by atoms with Gasteiger partial charge in [-0.05, 0) is 85.3 Å². The van der Waals surface area contributed by atoms with Gasteiger partial charge < -0.3 is 0 Å². The molecule has 0 heterocycles. The van der Waals surface area contributed by atoms with Gasteiger partial charge in [0.15, 0.2) is 0 Å². The summed E-state index contributed by atoms with van der Waals surface area (Å²) < 4.78 is 42.5. The van der Waals surface area contributed by atoms with Gasteiger partial charge in [0, 0.05) is 0 Å². The SMILES string of the molecule is CCCCc1ccc(CCC2CCc3c(cc(F)c(C#N)c3F)C2)c(F)c1. The zero-order valence-corrected chi connectivity index (χ0v) is 15.6. The number of nitriles is 1. The summed E-state index contributed by atoms with van der Waals surface area (Å²) >= 11 is 0. The van der Waals surface area contributed by atoms with Crippen molar-refractivity contribution in [2.24, 2.45) is 5.92 Å². The molecule has 1 aliphatic carbocycles. The number of aryl methyl sites for hydroxylation is 2. The van der Waals surface area contributed by atoms with Gasteiger partial charge in [0.25, 0.3) is 0 Å². The molecule has 0 bridgehead atoms. The highest BCUT2D eigenvalue weighted by molar-refractivity contribution is 5.42. The summed E-state index contributed by atoms with van der Waals surface area (Å²) in [5.74, 6) is -1.39. The van der Waals surface area contributed by atoms with Crippen LogP contribution in [0.15, 0.2) is 24.3 Å². The normalized spacial score (nSPS) is 16.0. The van der Waals surface area contributed by atoms with Gasteiger partial charge >= 0.3 is 0 Å². The van der Waals surface area contributed by atoms with Crippen molar-refractivity contribution in [3.05, 3.63) is 69.5 Å². The quantitative estimate of drug-likeness (QED) is 0.606. The summed E-state index contributed by atoms with van der Waals surface area (Å²) in [7, 11) is 0. The van der Waals surface area contributed by atoms with Crippen molar-refractivity contribution in [1.29, 1.82) is 5.26 Å². The van der Waals surface area contributed by atoms with Crippen molar-refractivity contribution in [1.82, 2.24) is 0 Å². The Kier molecular flexibility index (Phi) is 6.21. The Hall–Kier alpha value is -2.28. The Labute approximate surface area is 158 Å². The van der Waals surface area contributed by atoms with E-state index < -0.39 is 17.2 Å². The third-order valence-corrected chi connectivity index (χ3v) is 5.59. The van der Waals surface area contributed by atoms with Crippen LogP contribution in [-0.2, 0) is 25.7 Å². The third-order valence-electron chi connectivity index (χ3n) is 5.59. The zero-order valence-electron chi connectivity index (χ0n) is 15.6. The molecule has 2 aromatic carbocycles. The lowest BCUT2D eigenvalue weighted by Gasteiger charge is -2.25. The van der Waals surface area contributed by atoms with Crippen LogP contribution in [0.25, 0.3) is 0 Å². The van der Waals surface area contributed by atoms with E-state index in [0.717, 1.165) is 37.7 Å².